The minimum atomic E-state index is 0.190. The van der Waals surface area contributed by atoms with Crippen LogP contribution >= 0.6 is 0 Å². The molecule has 1 fully saturated rings. The van der Waals surface area contributed by atoms with Gasteiger partial charge in [-0.25, -0.2) is 0 Å². The minimum Gasteiger partial charge on any atom is -0.491 e. The number of hydrogen-bond donors (Lipinski definition) is 0. The predicted molar refractivity (Wildman–Crippen MR) is 92.5 cm³/mol. The van der Waals surface area contributed by atoms with Crippen LogP contribution in [0.25, 0.3) is 0 Å². The first-order valence-corrected chi connectivity index (χ1v) is 8.53. The Morgan fingerprint density at radius 3 is 1.95 bits per heavy atom. The van der Waals surface area contributed by atoms with Crippen LogP contribution in [0.3, 0.4) is 0 Å². The van der Waals surface area contributed by atoms with Gasteiger partial charge in [-0.1, -0.05) is 61.7 Å². The highest BCUT2D eigenvalue weighted by atomic mass is 16.5. The van der Waals surface area contributed by atoms with Gasteiger partial charge in [0.15, 0.2) is 0 Å². The normalized spacial score (nSPS) is 17.4. The van der Waals surface area contributed by atoms with Gasteiger partial charge in [0.2, 0.25) is 0 Å². The molecule has 1 nitrogen and oxygen atoms in total. The summed E-state index contributed by atoms with van der Waals surface area (Å²) in [7, 11) is 0. The van der Waals surface area contributed by atoms with Crippen molar-refractivity contribution in [2.75, 3.05) is 0 Å². The lowest BCUT2D eigenvalue weighted by Gasteiger charge is -2.38. The average Bonchev–Trinajstić information content (AvgIpc) is 2.56. The van der Waals surface area contributed by atoms with Crippen molar-refractivity contribution < 1.29 is 4.74 Å². The van der Waals surface area contributed by atoms with Crippen LogP contribution in [0.15, 0.2) is 54.6 Å². The van der Waals surface area contributed by atoms with Crippen LogP contribution in [0.2, 0.25) is 0 Å². The standard InChI is InChI=1S/C21H26O/c1-17(2)22-20-13-11-19(12-14-20)21(15-7-4-8-16-21)18-9-5-3-6-10-18/h3,5-6,9-14,17H,4,7-8,15-16H2,1-2H3. The number of ether oxygens (including phenoxy) is 1. The van der Waals surface area contributed by atoms with E-state index in [9.17, 15) is 0 Å². The molecule has 116 valence electrons. The van der Waals surface area contributed by atoms with Gasteiger partial charge < -0.3 is 4.74 Å². The molecule has 0 N–H and O–H groups in total. The van der Waals surface area contributed by atoms with Crippen molar-refractivity contribution >= 4 is 0 Å². The van der Waals surface area contributed by atoms with E-state index in [0.717, 1.165) is 5.75 Å². The molecule has 1 aliphatic rings. The molecule has 0 atom stereocenters. The molecule has 0 aromatic heterocycles. The summed E-state index contributed by atoms with van der Waals surface area (Å²) in [5.74, 6) is 0.970. The van der Waals surface area contributed by atoms with E-state index in [1.807, 2.05) is 0 Å². The van der Waals surface area contributed by atoms with E-state index in [1.165, 1.54) is 43.2 Å². The summed E-state index contributed by atoms with van der Waals surface area (Å²) in [5.41, 5.74) is 3.09. The molecule has 0 unspecified atom stereocenters. The van der Waals surface area contributed by atoms with E-state index in [-0.39, 0.29) is 11.5 Å². The SMILES string of the molecule is CC(C)Oc1ccc(C2(c3ccccc3)CCCCC2)cc1. The molecule has 2 aromatic carbocycles. The number of rotatable bonds is 4. The summed E-state index contributed by atoms with van der Waals surface area (Å²) >= 11 is 0. The smallest absolute Gasteiger partial charge is 0.119 e. The summed E-state index contributed by atoms with van der Waals surface area (Å²) < 4.78 is 5.80. The van der Waals surface area contributed by atoms with Crippen LogP contribution in [-0.4, -0.2) is 6.10 Å². The second kappa shape index (κ2) is 6.56. The fourth-order valence-electron chi connectivity index (χ4n) is 3.78. The number of hydrogen-bond acceptors (Lipinski definition) is 1. The zero-order valence-electron chi connectivity index (χ0n) is 13.7. The van der Waals surface area contributed by atoms with Gasteiger partial charge in [-0.15, -0.1) is 0 Å². The Balaban J connectivity index is 1.96. The zero-order valence-corrected chi connectivity index (χ0v) is 13.7. The Morgan fingerprint density at radius 2 is 1.36 bits per heavy atom. The minimum absolute atomic E-state index is 0.190. The second-order valence-electron chi connectivity index (χ2n) is 6.70. The van der Waals surface area contributed by atoms with Crippen LogP contribution in [0.4, 0.5) is 0 Å². The van der Waals surface area contributed by atoms with Crippen molar-refractivity contribution in [2.45, 2.75) is 57.5 Å². The summed E-state index contributed by atoms with van der Waals surface area (Å²) in [6, 6.07) is 19.9. The molecule has 0 bridgehead atoms. The van der Waals surface area contributed by atoms with Gasteiger partial charge in [0, 0.05) is 5.41 Å². The largest absolute Gasteiger partial charge is 0.491 e. The van der Waals surface area contributed by atoms with E-state index < -0.39 is 0 Å². The first-order valence-electron chi connectivity index (χ1n) is 8.53. The number of benzene rings is 2. The van der Waals surface area contributed by atoms with E-state index in [4.69, 9.17) is 4.74 Å². The van der Waals surface area contributed by atoms with Crippen molar-refractivity contribution in [3.05, 3.63) is 65.7 Å². The summed E-state index contributed by atoms with van der Waals surface area (Å²) in [6.45, 7) is 4.14. The maximum atomic E-state index is 5.80. The molecule has 1 aliphatic carbocycles. The molecule has 0 saturated heterocycles. The highest BCUT2D eigenvalue weighted by molar-refractivity contribution is 5.42. The Morgan fingerprint density at radius 1 is 0.773 bits per heavy atom. The first kappa shape index (κ1) is 15.1. The van der Waals surface area contributed by atoms with Crippen LogP contribution in [0.5, 0.6) is 5.75 Å². The summed E-state index contributed by atoms with van der Waals surface area (Å²) in [6.07, 6.45) is 6.73. The molecular weight excluding hydrogens is 268 g/mol. The third-order valence-electron chi connectivity index (χ3n) is 4.81. The molecule has 0 amide bonds. The Kier molecular flexibility index (Phi) is 4.52. The van der Waals surface area contributed by atoms with Crippen molar-refractivity contribution in [3.8, 4) is 5.75 Å². The molecule has 0 radical (unpaired) electrons. The highest BCUT2D eigenvalue weighted by Gasteiger charge is 2.35. The Bertz CT molecular complexity index is 577. The van der Waals surface area contributed by atoms with Crippen LogP contribution in [0, 0.1) is 0 Å². The van der Waals surface area contributed by atoms with Gasteiger partial charge >= 0.3 is 0 Å². The van der Waals surface area contributed by atoms with Crippen molar-refractivity contribution in [1.29, 1.82) is 0 Å². The maximum absolute atomic E-state index is 5.80. The van der Waals surface area contributed by atoms with Crippen molar-refractivity contribution in [2.24, 2.45) is 0 Å². The molecule has 1 saturated carbocycles. The summed E-state index contributed by atoms with van der Waals surface area (Å²) in [5, 5.41) is 0. The fraction of sp³-hybridized carbons (Fsp3) is 0.429. The van der Waals surface area contributed by atoms with Crippen LogP contribution in [0.1, 0.15) is 57.1 Å². The lowest BCUT2D eigenvalue weighted by molar-refractivity contribution is 0.242. The van der Waals surface area contributed by atoms with Gasteiger partial charge in [-0.2, -0.15) is 0 Å². The van der Waals surface area contributed by atoms with Gasteiger partial charge in [0.25, 0.3) is 0 Å². The van der Waals surface area contributed by atoms with Gasteiger partial charge in [-0.05, 0) is 49.9 Å². The molecule has 0 spiro atoms. The lowest BCUT2D eigenvalue weighted by atomic mass is 9.65. The third-order valence-corrected chi connectivity index (χ3v) is 4.81. The first-order chi connectivity index (χ1) is 10.7. The Labute approximate surface area is 134 Å². The highest BCUT2D eigenvalue weighted by Crippen LogP contribution is 2.45. The molecule has 0 aliphatic heterocycles. The molecule has 22 heavy (non-hydrogen) atoms. The van der Waals surface area contributed by atoms with E-state index in [2.05, 4.69) is 68.4 Å². The lowest BCUT2D eigenvalue weighted by Crippen LogP contribution is -2.30. The fourth-order valence-corrected chi connectivity index (χ4v) is 3.78. The molecule has 0 heterocycles. The van der Waals surface area contributed by atoms with E-state index in [1.54, 1.807) is 0 Å². The second-order valence-corrected chi connectivity index (χ2v) is 6.70. The molecule has 1 heteroatoms. The van der Waals surface area contributed by atoms with Crippen LogP contribution in [-0.2, 0) is 5.41 Å². The van der Waals surface area contributed by atoms with Crippen LogP contribution < -0.4 is 4.74 Å². The van der Waals surface area contributed by atoms with E-state index >= 15 is 0 Å². The molecule has 2 aromatic rings. The third kappa shape index (κ3) is 3.04. The monoisotopic (exact) mass is 294 g/mol. The topological polar surface area (TPSA) is 9.23 Å². The van der Waals surface area contributed by atoms with E-state index in [0.29, 0.717) is 0 Å². The van der Waals surface area contributed by atoms with Gasteiger partial charge in [-0.3, -0.25) is 0 Å². The maximum Gasteiger partial charge on any atom is 0.119 e. The average molecular weight is 294 g/mol. The van der Waals surface area contributed by atoms with Gasteiger partial charge in [0.1, 0.15) is 5.75 Å². The molecule has 3 rings (SSSR count). The zero-order chi connectivity index (χ0) is 15.4. The van der Waals surface area contributed by atoms with Crippen molar-refractivity contribution in [1.82, 2.24) is 0 Å². The summed E-state index contributed by atoms with van der Waals surface area (Å²) in [4.78, 5) is 0. The van der Waals surface area contributed by atoms with Gasteiger partial charge in [0.05, 0.1) is 6.10 Å². The van der Waals surface area contributed by atoms with Crippen molar-refractivity contribution in [3.63, 3.8) is 0 Å². The quantitative estimate of drug-likeness (QED) is 0.700. The molecular formula is C21H26O. The predicted octanol–water partition coefficient (Wildman–Crippen LogP) is 5.72. The Hall–Kier alpha value is -1.76.